The highest BCUT2D eigenvalue weighted by Gasteiger charge is 2.40. The summed E-state index contributed by atoms with van der Waals surface area (Å²) in [7, 11) is 0. The van der Waals surface area contributed by atoms with Gasteiger partial charge in [0.2, 0.25) is 0 Å². The van der Waals surface area contributed by atoms with Crippen LogP contribution in [0.3, 0.4) is 0 Å². The molecule has 1 amide bonds. The number of hydrogen-bond donors (Lipinski definition) is 1. The number of benzene rings is 1. The lowest BCUT2D eigenvalue weighted by molar-refractivity contribution is -0.143. The number of amides is 1. The predicted octanol–water partition coefficient (Wildman–Crippen LogP) is 4.50. The molecule has 2 aromatic heterocycles. The van der Waals surface area contributed by atoms with Crippen molar-refractivity contribution in [1.82, 2.24) is 15.1 Å². The Hall–Kier alpha value is -2.61. The number of carbonyl (C=O) groups excluding carboxylic acids is 1. The topological polar surface area (TPSA) is 46.9 Å². The van der Waals surface area contributed by atoms with Gasteiger partial charge in [-0.05, 0) is 43.0 Å². The number of alkyl halides is 3. The number of rotatable bonds is 4. The Morgan fingerprint density at radius 3 is 2.46 bits per heavy atom. The van der Waals surface area contributed by atoms with Gasteiger partial charge in [-0.15, -0.1) is 11.3 Å². The minimum absolute atomic E-state index is 0.176. The average molecular weight is 379 g/mol. The standard InChI is InChI=1S/C18H16F3N3OS/c1-11-3-5-13(6-4-11)24-16(18(19,20)21)14(9-23-24)17(25)22-10-15-12(2)7-8-26-15/h3-9H,10H2,1-2H3,(H,22,25). The largest absolute Gasteiger partial charge is 0.434 e. The van der Waals surface area contributed by atoms with E-state index in [4.69, 9.17) is 0 Å². The van der Waals surface area contributed by atoms with Crippen LogP contribution < -0.4 is 5.32 Å². The van der Waals surface area contributed by atoms with Gasteiger partial charge in [0, 0.05) is 4.88 Å². The first kappa shape index (κ1) is 18.2. The molecule has 136 valence electrons. The van der Waals surface area contributed by atoms with Crippen molar-refractivity contribution in [3.8, 4) is 5.69 Å². The summed E-state index contributed by atoms with van der Waals surface area (Å²) in [6.45, 7) is 3.90. The number of hydrogen-bond acceptors (Lipinski definition) is 3. The van der Waals surface area contributed by atoms with E-state index in [0.717, 1.165) is 26.9 Å². The fourth-order valence-corrected chi connectivity index (χ4v) is 3.36. The van der Waals surface area contributed by atoms with Crippen LogP contribution in [-0.2, 0) is 12.7 Å². The summed E-state index contributed by atoms with van der Waals surface area (Å²) in [5.74, 6) is -0.802. The number of nitrogens with zero attached hydrogens (tertiary/aromatic N) is 2. The number of halogens is 3. The summed E-state index contributed by atoms with van der Waals surface area (Å²) in [6, 6.07) is 8.35. The van der Waals surface area contributed by atoms with Crippen molar-refractivity contribution in [3.63, 3.8) is 0 Å². The van der Waals surface area contributed by atoms with Gasteiger partial charge in [-0.25, -0.2) is 4.68 Å². The molecule has 26 heavy (non-hydrogen) atoms. The van der Waals surface area contributed by atoms with Crippen LogP contribution in [-0.4, -0.2) is 15.7 Å². The monoisotopic (exact) mass is 379 g/mol. The molecule has 0 aliphatic carbocycles. The Balaban J connectivity index is 1.93. The molecule has 3 rings (SSSR count). The molecule has 0 spiro atoms. The first-order valence-electron chi connectivity index (χ1n) is 7.81. The Labute approximate surface area is 152 Å². The van der Waals surface area contributed by atoms with Crippen LogP contribution in [0.5, 0.6) is 0 Å². The lowest BCUT2D eigenvalue weighted by Gasteiger charge is -2.13. The molecule has 1 aromatic carbocycles. The van der Waals surface area contributed by atoms with Crippen molar-refractivity contribution in [2.45, 2.75) is 26.6 Å². The van der Waals surface area contributed by atoms with Crippen LogP contribution >= 0.6 is 11.3 Å². The van der Waals surface area contributed by atoms with Gasteiger partial charge in [0.05, 0.1) is 24.0 Å². The van der Waals surface area contributed by atoms with Gasteiger partial charge in [0.25, 0.3) is 5.91 Å². The van der Waals surface area contributed by atoms with Gasteiger partial charge < -0.3 is 5.32 Å². The Bertz CT molecular complexity index is 926. The SMILES string of the molecule is Cc1ccc(-n2ncc(C(=O)NCc3sccc3C)c2C(F)(F)F)cc1. The Morgan fingerprint density at radius 1 is 1.19 bits per heavy atom. The molecule has 0 unspecified atom stereocenters. The van der Waals surface area contributed by atoms with Crippen molar-refractivity contribution in [2.24, 2.45) is 0 Å². The van der Waals surface area contributed by atoms with E-state index in [2.05, 4.69) is 10.4 Å². The fraction of sp³-hybridized carbons (Fsp3) is 0.222. The summed E-state index contributed by atoms with van der Waals surface area (Å²) in [5, 5.41) is 8.22. The Morgan fingerprint density at radius 2 is 1.88 bits per heavy atom. The molecule has 0 aliphatic heterocycles. The van der Waals surface area contributed by atoms with E-state index in [1.54, 1.807) is 12.1 Å². The van der Waals surface area contributed by atoms with E-state index in [1.807, 2.05) is 25.3 Å². The number of carbonyl (C=O) groups is 1. The van der Waals surface area contributed by atoms with Gasteiger partial charge in [-0.1, -0.05) is 17.7 Å². The van der Waals surface area contributed by atoms with Gasteiger partial charge in [-0.3, -0.25) is 4.79 Å². The summed E-state index contributed by atoms with van der Waals surface area (Å²) in [4.78, 5) is 13.3. The van der Waals surface area contributed by atoms with Crippen LogP contribution in [0.15, 0.2) is 41.9 Å². The molecule has 0 atom stereocenters. The molecule has 0 radical (unpaired) electrons. The Kier molecular flexibility index (Phi) is 4.86. The summed E-state index contributed by atoms with van der Waals surface area (Å²) < 4.78 is 41.6. The molecule has 0 fully saturated rings. The van der Waals surface area contributed by atoms with Crippen molar-refractivity contribution in [1.29, 1.82) is 0 Å². The smallest absolute Gasteiger partial charge is 0.347 e. The second-order valence-corrected chi connectivity index (χ2v) is 6.86. The van der Waals surface area contributed by atoms with Gasteiger partial charge >= 0.3 is 6.18 Å². The summed E-state index contributed by atoms with van der Waals surface area (Å²) >= 11 is 1.44. The molecule has 1 N–H and O–H groups in total. The van der Waals surface area contributed by atoms with E-state index in [-0.39, 0.29) is 12.2 Å². The minimum atomic E-state index is -4.72. The molecule has 0 bridgehead atoms. The van der Waals surface area contributed by atoms with Crippen molar-refractivity contribution in [2.75, 3.05) is 0 Å². The highest BCUT2D eigenvalue weighted by atomic mass is 32.1. The molecule has 8 heteroatoms. The number of aryl methyl sites for hydroxylation is 2. The highest BCUT2D eigenvalue weighted by molar-refractivity contribution is 7.10. The third-order valence-electron chi connectivity index (χ3n) is 3.94. The number of thiophene rings is 1. The third kappa shape index (κ3) is 3.65. The van der Waals surface area contributed by atoms with E-state index < -0.39 is 23.3 Å². The van der Waals surface area contributed by atoms with Gasteiger partial charge in [0.15, 0.2) is 5.69 Å². The highest BCUT2D eigenvalue weighted by Crippen LogP contribution is 2.33. The van der Waals surface area contributed by atoms with Crippen LogP contribution in [0.2, 0.25) is 0 Å². The van der Waals surface area contributed by atoms with E-state index >= 15 is 0 Å². The second-order valence-electron chi connectivity index (χ2n) is 5.86. The molecule has 0 saturated carbocycles. The van der Waals surface area contributed by atoms with Gasteiger partial charge in [0.1, 0.15) is 0 Å². The molecule has 0 saturated heterocycles. The normalized spacial score (nSPS) is 11.6. The average Bonchev–Trinajstić information content (AvgIpc) is 3.19. The number of nitrogens with one attached hydrogen (secondary N) is 1. The summed E-state index contributed by atoms with van der Waals surface area (Å²) in [6.07, 6.45) is -3.76. The first-order chi connectivity index (χ1) is 12.3. The maximum atomic E-state index is 13.6. The molecule has 3 aromatic rings. The predicted molar refractivity (Wildman–Crippen MR) is 93.5 cm³/mol. The molecular formula is C18H16F3N3OS. The zero-order valence-electron chi connectivity index (χ0n) is 14.1. The maximum absolute atomic E-state index is 13.6. The molecule has 4 nitrogen and oxygen atoms in total. The van der Waals surface area contributed by atoms with E-state index in [0.29, 0.717) is 0 Å². The quantitative estimate of drug-likeness (QED) is 0.726. The minimum Gasteiger partial charge on any atom is -0.347 e. The zero-order valence-corrected chi connectivity index (χ0v) is 14.9. The second kappa shape index (κ2) is 6.95. The maximum Gasteiger partial charge on any atom is 0.434 e. The zero-order chi connectivity index (χ0) is 18.9. The van der Waals surface area contributed by atoms with Crippen LogP contribution in [0.4, 0.5) is 13.2 Å². The van der Waals surface area contributed by atoms with E-state index in [1.165, 1.54) is 23.5 Å². The van der Waals surface area contributed by atoms with Gasteiger partial charge in [-0.2, -0.15) is 18.3 Å². The van der Waals surface area contributed by atoms with Crippen LogP contribution in [0.25, 0.3) is 5.69 Å². The molecular weight excluding hydrogens is 363 g/mol. The first-order valence-corrected chi connectivity index (χ1v) is 8.69. The molecule has 0 aliphatic rings. The van der Waals surface area contributed by atoms with E-state index in [9.17, 15) is 18.0 Å². The molecule has 2 heterocycles. The fourth-order valence-electron chi connectivity index (χ4n) is 2.51. The van der Waals surface area contributed by atoms with Crippen LogP contribution in [0.1, 0.15) is 32.1 Å². The summed E-state index contributed by atoms with van der Waals surface area (Å²) in [5.41, 5.74) is 0.575. The third-order valence-corrected chi connectivity index (χ3v) is 4.96. The van der Waals surface area contributed by atoms with Crippen molar-refractivity contribution in [3.05, 3.63) is 69.2 Å². The van der Waals surface area contributed by atoms with Crippen molar-refractivity contribution >= 4 is 17.2 Å². The number of aromatic nitrogens is 2. The van der Waals surface area contributed by atoms with Crippen LogP contribution in [0, 0.1) is 13.8 Å². The van der Waals surface area contributed by atoms with Crippen molar-refractivity contribution < 1.29 is 18.0 Å². The lowest BCUT2D eigenvalue weighted by atomic mass is 10.2. The lowest BCUT2D eigenvalue weighted by Crippen LogP contribution is -2.26.